The van der Waals surface area contributed by atoms with Gasteiger partial charge in [-0.3, -0.25) is 0 Å². The molecule has 0 spiro atoms. The number of hydrogen-bond donors (Lipinski definition) is 1. The standard InChI is InChI=1S/C17H25NO2/c1-18-16(14-6-4-9-19-12-14)11-17-15-7-3-2-5-13(15)8-10-20-17/h2-3,5,7,14,16-18H,4,6,8-12H2,1H3. The van der Waals surface area contributed by atoms with E-state index in [9.17, 15) is 0 Å². The quantitative estimate of drug-likeness (QED) is 0.916. The van der Waals surface area contributed by atoms with E-state index in [4.69, 9.17) is 9.47 Å². The van der Waals surface area contributed by atoms with Crippen LogP contribution in [0.15, 0.2) is 24.3 Å². The van der Waals surface area contributed by atoms with Crippen LogP contribution in [-0.4, -0.2) is 32.9 Å². The molecule has 0 radical (unpaired) electrons. The van der Waals surface area contributed by atoms with Crippen molar-refractivity contribution in [1.29, 1.82) is 0 Å². The molecule has 1 saturated heterocycles. The fourth-order valence-electron chi connectivity index (χ4n) is 3.53. The zero-order valence-corrected chi connectivity index (χ0v) is 12.3. The van der Waals surface area contributed by atoms with Crippen LogP contribution in [0.3, 0.4) is 0 Å². The summed E-state index contributed by atoms with van der Waals surface area (Å²) in [5, 5.41) is 3.49. The molecular formula is C17H25NO2. The first-order valence-electron chi connectivity index (χ1n) is 7.83. The maximum absolute atomic E-state index is 6.05. The molecule has 3 heteroatoms. The minimum Gasteiger partial charge on any atom is -0.381 e. The average Bonchev–Trinajstić information content (AvgIpc) is 2.53. The summed E-state index contributed by atoms with van der Waals surface area (Å²) in [4.78, 5) is 0. The van der Waals surface area contributed by atoms with E-state index in [2.05, 4.69) is 36.6 Å². The number of hydrogen-bond acceptors (Lipinski definition) is 3. The Morgan fingerprint density at radius 3 is 3.00 bits per heavy atom. The van der Waals surface area contributed by atoms with Crippen molar-refractivity contribution in [2.24, 2.45) is 5.92 Å². The normalized spacial score (nSPS) is 27.9. The lowest BCUT2D eigenvalue weighted by molar-refractivity contribution is 0.00243. The lowest BCUT2D eigenvalue weighted by Gasteiger charge is -2.34. The van der Waals surface area contributed by atoms with E-state index in [0.717, 1.165) is 32.7 Å². The van der Waals surface area contributed by atoms with Gasteiger partial charge < -0.3 is 14.8 Å². The maximum Gasteiger partial charge on any atom is 0.0842 e. The SMILES string of the molecule is CNC(CC1OCCc2ccccc21)C1CCCOC1. The third-order valence-electron chi connectivity index (χ3n) is 4.70. The average molecular weight is 275 g/mol. The van der Waals surface area contributed by atoms with Crippen molar-refractivity contribution in [2.45, 2.75) is 37.8 Å². The number of nitrogens with one attached hydrogen (secondary N) is 1. The van der Waals surface area contributed by atoms with E-state index in [1.165, 1.54) is 24.0 Å². The van der Waals surface area contributed by atoms with Crippen LogP contribution in [0.2, 0.25) is 0 Å². The molecule has 110 valence electrons. The summed E-state index contributed by atoms with van der Waals surface area (Å²) in [7, 11) is 2.06. The largest absolute Gasteiger partial charge is 0.381 e. The zero-order valence-electron chi connectivity index (χ0n) is 12.3. The predicted octanol–water partition coefficient (Wildman–Crippen LogP) is 2.71. The van der Waals surface area contributed by atoms with Gasteiger partial charge in [-0.1, -0.05) is 24.3 Å². The highest BCUT2D eigenvalue weighted by Crippen LogP contribution is 2.33. The Morgan fingerprint density at radius 2 is 2.20 bits per heavy atom. The predicted molar refractivity (Wildman–Crippen MR) is 79.8 cm³/mol. The second-order valence-electron chi connectivity index (χ2n) is 5.92. The molecule has 1 aromatic carbocycles. The summed E-state index contributed by atoms with van der Waals surface area (Å²) in [6.45, 7) is 2.66. The lowest BCUT2D eigenvalue weighted by atomic mass is 9.86. The van der Waals surface area contributed by atoms with Crippen LogP contribution >= 0.6 is 0 Å². The molecule has 20 heavy (non-hydrogen) atoms. The third kappa shape index (κ3) is 3.05. The van der Waals surface area contributed by atoms with Crippen molar-refractivity contribution >= 4 is 0 Å². The van der Waals surface area contributed by atoms with Crippen molar-refractivity contribution in [1.82, 2.24) is 5.32 Å². The Morgan fingerprint density at radius 1 is 1.30 bits per heavy atom. The summed E-state index contributed by atoms with van der Waals surface area (Å²) < 4.78 is 11.7. The molecule has 0 aliphatic carbocycles. The monoisotopic (exact) mass is 275 g/mol. The van der Waals surface area contributed by atoms with E-state index in [1.54, 1.807) is 0 Å². The highest BCUT2D eigenvalue weighted by atomic mass is 16.5. The van der Waals surface area contributed by atoms with Gasteiger partial charge in [-0.15, -0.1) is 0 Å². The van der Waals surface area contributed by atoms with Gasteiger partial charge in [-0.25, -0.2) is 0 Å². The summed E-state index contributed by atoms with van der Waals surface area (Å²) >= 11 is 0. The van der Waals surface area contributed by atoms with Crippen LogP contribution in [0, 0.1) is 5.92 Å². The number of benzene rings is 1. The fourth-order valence-corrected chi connectivity index (χ4v) is 3.53. The molecule has 2 aliphatic heterocycles. The molecular weight excluding hydrogens is 250 g/mol. The van der Waals surface area contributed by atoms with Gasteiger partial charge in [0.1, 0.15) is 0 Å². The Bertz CT molecular complexity index is 429. The Balaban J connectivity index is 1.70. The van der Waals surface area contributed by atoms with Gasteiger partial charge in [0.05, 0.1) is 19.3 Å². The molecule has 0 bridgehead atoms. The molecule has 0 aromatic heterocycles. The minimum absolute atomic E-state index is 0.235. The molecule has 3 atom stereocenters. The smallest absolute Gasteiger partial charge is 0.0842 e. The van der Waals surface area contributed by atoms with Gasteiger partial charge in [0.25, 0.3) is 0 Å². The Labute approximate surface area is 121 Å². The number of rotatable bonds is 4. The molecule has 2 heterocycles. The van der Waals surface area contributed by atoms with Gasteiger partial charge >= 0.3 is 0 Å². The Kier molecular flexibility index (Phi) is 4.71. The summed E-state index contributed by atoms with van der Waals surface area (Å²) in [6, 6.07) is 9.20. The lowest BCUT2D eigenvalue weighted by Crippen LogP contribution is -2.40. The first kappa shape index (κ1) is 14.1. The van der Waals surface area contributed by atoms with Gasteiger partial charge in [-0.05, 0) is 49.8 Å². The van der Waals surface area contributed by atoms with E-state index in [1.807, 2.05) is 0 Å². The van der Waals surface area contributed by atoms with Gasteiger partial charge in [-0.2, -0.15) is 0 Å². The number of ether oxygens (including phenoxy) is 2. The van der Waals surface area contributed by atoms with Gasteiger partial charge in [0, 0.05) is 12.6 Å². The first-order chi connectivity index (χ1) is 9.88. The van der Waals surface area contributed by atoms with Crippen molar-refractivity contribution in [2.75, 3.05) is 26.9 Å². The second kappa shape index (κ2) is 6.70. The summed E-state index contributed by atoms with van der Waals surface area (Å²) in [6.07, 6.45) is 4.77. The van der Waals surface area contributed by atoms with Crippen LogP contribution in [0.1, 0.15) is 36.5 Å². The third-order valence-corrected chi connectivity index (χ3v) is 4.70. The van der Waals surface area contributed by atoms with Crippen molar-refractivity contribution in [3.63, 3.8) is 0 Å². The summed E-state index contributed by atoms with van der Waals surface area (Å²) in [5.41, 5.74) is 2.84. The van der Waals surface area contributed by atoms with Crippen molar-refractivity contribution < 1.29 is 9.47 Å². The van der Waals surface area contributed by atoms with Gasteiger partial charge in [0.15, 0.2) is 0 Å². The first-order valence-corrected chi connectivity index (χ1v) is 7.83. The van der Waals surface area contributed by atoms with Gasteiger partial charge in [0.2, 0.25) is 0 Å². The molecule has 3 unspecified atom stereocenters. The molecule has 3 nitrogen and oxygen atoms in total. The number of fused-ring (bicyclic) bond motifs is 1. The Hall–Kier alpha value is -0.900. The minimum atomic E-state index is 0.235. The topological polar surface area (TPSA) is 30.5 Å². The zero-order chi connectivity index (χ0) is 13.8. The fraction of sp³-hybridized carbons (Fsp3) is 0.647. The maximum atomic E-state index is 6.05. The second-order valence-corrected chi connectivity index (χ2v) is 5.92. The molecule has 1 N–H and O–H groups in total. The molecule has 0 saturated carbocycles. The van der Waals surface area contributed by atoms with E-state index in [0.29, 0.717) is 12.0 Å². The van der Waals surface area contributed by atoms with E-state index < -0.39 is 0 Å². The molecule has 1 fully saturated rings. The van der Waals surface area contributed by atoms with Crippen LogP contribution in [-0.2, 0) is 15.9 Å². The van der Waals surface area contributed by atoms with E-state index >= 15 is 0 Å². The van der Waals surface area contributed by atoms with Crippen LogP contribution < -0.4 is 5.32 Å². The molecule has 2 aliphatic rings. The van der Waals surface area contributed by atoms with E-state index in [-0.39, 0.29) is 6.10 Å². The van der Waals surface area contributed by atoms with Crippen molar-refractivity contribution in [3.8, 4) is 0 Å². The van der Waals surface area contributed by atoms with Crippen LogP contribution in [0.4, 0.5) is 0 Å². The molecule has 0 amide bonds. The molecule has 3 rings (SSSR count). The van der Waals surface area contributed by atoms with Crippen LogP contribution in [0.25, 0.3) is 0 Å². The molecule has 1 aromatic rings. The van der Waals surface area contributed by atoms with Crippen LogP contribution in [0.5, 0.6) is 0 Å². The van der Waals surface area contributed by atoms with Crippen molar-refractivity contribution in [3.05, 3.63) is 35.4 Å². The highest BCUT2D eigenvalue weighted by molar-refractivity contribution is 5.31. The highest BCUT2D eigenvalue weighted by Gasteiger charge is 2.29. The summed E-state index contributed by atoms with van der Waals surface area (Å²) in [5.74, 6) is 0.617.